The van der Waals surface area contributed by atoms with E-state index in [1.807, 2.05) is 6.92 Å². The summed E-state index contributed by atoms with van der Waals surface area (Å²) in [5, 5.41) is 5.45. The Balaban J connectivity index is 2.17. The molecule has 0 saturated heterocycles. The normalized spacial score (nSPS) is 24.1. The summed E-state index contributed by atoms with van der Waals surface area (Å²) in [6, 6.07) is -0.00975. The molecule has 1 aliphatic rings. The van der Waals surface area contributed by atoms with Crippen LogP contribution in [-0.2, 0) is 9.59 Å². The maximum absolute atomic E-state index is 11.7. The molecule has 0 radical (unpaired) electrons. The van der Waals surface area contributed by atoms with Gasteiger partial charge in [0.25, 0.3) is 0 Å². The molecule has 5 heteroatoms. The van der Waals surface area contributed by atoms with Crippen molar-refractivity contribution in [3.05, 3.63) is 0 Å². The van der Waals surface area contributed by atoms with E-state index in [2.05, 4.69) is 10.6 Å². The summed E-state index contributed by atoms with van der Waals surface area (Å²) in [5.74, 6) is -0.0953. The molecule has 1 rings (SSSR count). The standard InChI is InChI=1S/C11H21N3O2/c1-2-13-10(15)6-7-14-11(16)8-4-3-5-9(8)12/h8-9H,2-7,12H2,1H3,(H,13,15)(H,14,16). The van der Waals surface area contributed by atoms with Crippen LogP contribution in [0.3, 0.4) is 0 Å². The molecule has 2 amide bonds. The summed E-state index contributed by atoms with van der Waals surface area (Å²) in [6.45, 7) is 2.89. The van der Waals surface area contributed by atoms with E-state index in [1.165, 1.54) is 0 Å². The summed E-state index contributed by atoms with van der Waals surface area (Å²) in [6.07, 6.45) is 3.15. The predicted octanol–water partition coefficient (Wildman–Crippen LogP) is -0.244. The first-order valence-corrected chi connectivity index (χ1v) is 5.95. The van der Waals surface area contributed by atoms with Gasteiger partial charge >= 0.3 is 0 Å². The highest BCUT2D eigenvalue weighted by atomic mass is 16.2. The summed E-state index contributed by atoms with van der Waals surface area (Å²) in [5.41, 5.74) is 5.82. The van der Waals surface area contributed by atoms with Crippen LogP contribution in [0.25, 0.3) is 0 Å². The highest BCUT2D eigenvalue weighted by Crippen LogP contribution is 2.23. The van der Waals surface area contributed by atoms with E-state index in [0.29, 0.717) is 19.5 Å². The number of hydrogen-bond acceptors (Lipinski definition) is 3. The van der Waals surface area contributed by atoms with Gasteiger partial charge in [0.1, 0.15) is 0 Å². The largest absolute Gasteiger partial charge is 0.356 e. The van der Waals surface area contributed by atoms with Gasteiger partial charge in [0, 0.05) is 25.6 Å². The second-order valence-corrected chi connectivity index (χ2v) is 4.20. The highest BCUT2D eigenvalue weighted by molar-refractivity contribution is 5.81. The van der Waals surface area contributed by atoms with Gasteiger partial charge in [0.05, 0.1) is 5.92 Å². The number of carbonyl (C=O) groups excluding carboxylic acids is 2. The van der Waals surface area contributed by atoms with Crippen LogP contribution in [0.2, 0.25) is 0 Å². The van der Waals surface area contributed by atoms with Gasteiger partial charge in [-0.3, -0.25) is 9.59 Å². The van der Waals surface area contributed by atoms with Crippen molar-refractivity contribution in [1.82, 2.24) is 10.6 Å². The average molecular weight is 227 g/mol. The quantitative estimate of drug-likeness (QED) is 0.606. The first-order valence-electron chi connectivity index (χ1n) is 5.95. The molecule has 2 atom stereocenters. The third-order valence-electron chi connectivity index (χ3n) is 2.93. The molecule has 0 spiro atoms. The molecule has 5 nitrogen and oxygen atoms in total. The molecule has 0 heterocycles. The van der Waals surface area contributed by atoms with Crippen LogP contribution >= 0.6 is 0 Å². The first kappa shape index (κ1) is 13.0. The third-order valence-corrected chi connectivity index (χ3v) is 2.93. The van der Waals surface area contributed by atoms with E-state index >= 15 is 0 Å². The zero-order chi connectivity index (χ0) is 12.0. The van der Waals surface area contributed by atoms with Gasteiger partial charge < -0.3 is 16.4 Å². The minimum Gasteiger partial charge on any atom is -0.356 e. The minimum absolute atomic E-state index is 0.00528. The molecule has 4 N–H and O–H groups in total. The number of rotatable bonds is 5. The second-order valence-electron chi connectivity index (χ2n) is 4.20. The van der Waals surface area contributed by atoms with Gasteiger partial charge in [0.2, 0.25) is 11.8 Å². The molecule has 0 aromatic rings. The van der Waals surface area contributed by atoms with E-state index < -0.39 is 0 Å². The Bertz CT molecular complexity index is 256. The van der Waals surface area contributed by atoms with Crippen LogP contribution in [-0.4, -0.2) is 30.9 Å². The van der Waals surface area contributed by atoms with Crippen molar-refractivity contribution >= 4 is 11.8 Å². The molecule has 16 heavy (non-hydrogen) atoms. The second kappa shape index (κ2) is 6.48. The highest BCUT2D eigenvalue weighted by Gasteiger charge is 2.29. The molecular weight excluding hydrogens is 206 g/mol. The number of amides is 2. The molecule has 1 fully saturated rings. The number of nitrogens with one attached hydrogen (secondary N) is 2. The maximum Gasteiger partial charge on any atom is 0.224 e. The SMILES string of the molecule is CCNC(=O)CCNC(=O)C1CCCC1N. The number of hydrogen-bond donors (Lipinski definition) is 3. The van der Waals surface area contributed by atoms with Crippen molar-refractivity contribution in [2.45, 2.75) is 38.6 Å². The Morgan fingerprint density at radius 2 is 2.06 bits per heavy atom. The molecule has 0 aromatic carbocycles. The van der Waals surface area contributed by atoms with E-state index in [1.54, 1.807) is 0 Å². The molecular formula is C11H21N3O2. The van der Waals surface area contributed by atoms with Crippen molar-refractivity contribution in [2.24, 2.45) is 11.7 Å². The van der Waals surface area contributed by atoms with Gasteiger partial charge in [-0.1, -0.05) is 6.42 Å². The van der Waals surface area contributed by atoms with E-state index in [9.17, 15) is 9.59 Å². The van der Waals surface area contributed by atoms with Crippen LogP contribution < -0.4 is 16.4 Å². The Hall–Kier alpha value is -1.10. The van der Waals surface area contributed by atoms with E-state index in [4.69, 9.17) is 5.73 Å². The Morgan fingerprint density at radius 1 is 1.31 bits per heavy atom. The van der Waals surface area contributed by atoms with Crippen LogP contribution in [0.15, 0.2) is 0 Å². The molecule has 92 valence electrons. The zero-order valence-electron chi connectivity index (χ0n) is 9.79. The lowest BCUT2D eigenvalue weighted by atomic mass is 10.0. The van der Waals surface area contributed by atoms with Crippen molar-refractivity contribution in [3.8, 4) is 0 Å². The fourth-order valence-electron chi connectivity index (χ4n) is 2.03. The lowest BCUT2D eigenvalue weighted by Gasteiger charge is -2.14. The number of nitrogens with two attached hydrogens (primary N) is 1. The van der Waals surface area contributed by atoms with Gasteiger partial charge in [-0.2, -0.15) is 0 Å². The van der Waals surface area contributed by atoms with E-state index in [-0.39, 0.29) is 23.8 Å². The summed E-state index contributed by atoms with van der Waals surface area (Å²) in [4.78, 5) is 22.8. The molecule has 0 aromatic heterocycles. The average Bonchev–Trinajstić information content (AvgIpc) is 2.64. The Labute approximate surface area is 96.1 Å². The summed E-state index contributed by atoms with van der Waals surface area (Å²) in [7, 11) is 0. The number of carbonyl (C=O) groups is 2. The predicted molar refractivity (Wildman–Crippen MR) is 61.6 cm³/mol. The fraction of sp³-hybridized carbons (Fsp3) is 0.818. The monoisotopic (exact) mass is 227 g/mol. The molecule has 1 saturated carbocycles. The fourth-order valence-corrected chi connectivity index (χ4v) is 2.03. The van der Waals surface area contributed by atoms with Crippen molar-refractivity contribution in [2.75, 3.05) is 13.1 Å². The Kier molecular flexibility index (Phi) is 5.25. The molecule has 2 unspecified atom stereocenters. The summed E-state index contributed by atoms with van der Waals surface area (Å²) < 4.78 is 0. The van der Waals surface area contributed by atoms with Gasteiger partial charge in [-0.05, 0) is 19.8 Å². The van der Waals surface area contributed by atoms with Crippen molar-refractivity contribution < 1.29 is 9.59 Å². The third kappa shape index (κ3) is 3.81. The van der Waals surface area contributed by atoms with Crippen molar-refractivity contribution in [1.29, 1.82) is 0 Å². The van der Waals surface area contributed by atoms with Crippen LogP contribution in [0.5, 0.6) is 0 Å². The van der Waals surface area contributed by atoms with Crippen LogP contribution in [0.4, 0.5) is 0 Å². The topological polar surface area (TPSA) is 84.2 Å². The zero-order valence-corrected chi connectivity index (χ0v) is 9.79. The Morgan fingerprint density at radius 3 is 2.62 bits per heavy atom. The molecule has 1 aliphatic carbocycles. The van der Waals surface area contributed by atoms with E-state index in [0.717, 1.165) is 19.3 Å². The maximum atomic E-state index is 11.7. The lowest BCUT2D eigenvalue weighted by molar-refractivity contribution is -0.125. The van der Waals surface area contributed by atoms with Crippen LogP contribution in [0.1, 0.15) is 32.6 Å². The first-order chi connectivity index (χ1) is 7.65. The minimum atomic E-state index is -0.0609. The molecule has 0 aliphatic heterocycles. The van der Waals surface area contributed by atoms with Gasteiger partial charge in [0.15, 0.2) is 0 Å². The summed E-state index contributed by atoms with van der Waals surface area (Å²) >= 11 is 0. The smallest absolute Gasteiger partial charge is 0.224 e. The molecule has 0 bridgehead atoms. The lowest BCUT2D eigenvalue weighted by Crippen LogP contribution is -2.40. The van der Waals surface area contributed by atoms with Gasteiger partial charge in [-0.15, -0.1) is 0 Å². The van der Waals surface area contributed by atoms with Crippen molar-refractivity contribution in [3.63, 3.8) is 0 Å². The van der Waals surface area contributed by atoms with Gasteiger partial charge in [-0.25, -0.2) is 0 Å². The van der Waals surface area contributed by atoms with Crippen LogP contribution in [0, 0.1) is 5.92 Å².